The molecule has 0 aliphatic carbocycles. The molecule has 18 heavy (non-hydrogen) atoms. The molecule has 0 saturated carbocycles. The van der Waals surface area contributed by atoms with Crippen molar-refractivity contribution in [2.45, 2.75) is 6.42 Å². The van der Waals surface area contributed by atoms with Gasteiger partial charge in [-0.25, -0.2) is 10.2 Å². The van der Waals surface area contributed by atoms with E-state index in [1.807, 2.05) is 23.6 Å². The highest BCUT2D eigenvalue weighted by molar-refractivity contribution is 7.10. The van der Waals surface area contributed by atoms with Crippen molar-refractivity contribution in [2.75, 3.05) is 0 Å². The van der Waals surface area contributed by atoms with E-state index in [0.717, 1.165) is 0 Å². The van der Waals surface area contributed by atoms with Crippen LogP contribution in [0.4, 0.5) is 4.79 Å². The monoisotopic (exact) mass is 260 g/mol. The molecule has 1 aromatic heterocycles. The predicted octanol–water partition coefficient (Wildman–Crippen LogP) is 3.07. The number of hydrogen-bond donors (Lipinski definition) is 1. The van der Waals surface area contributed by atoms with E-state index >= 15 is 0 Å². The number of carbonyl (C=O) groups is 1. The lowest BCUT2D eigenvalue weighted by molar-refractivity contribution is 0.201. The van der Waals surface area contributed by atoms with Gasteiger partial charge in [-0.15, -0.1) is 11.3 Å². The Kier molecular flexibility index (Phi) is 4.49. The van der Waals surface area contributed by atoms with Gasteiger partial charge in [-0.2, -0.15) is 5.10 Å². The average molecular weight is 260 g/mol. The number of carbonyl (C=O) groups excluding carboxylic acids is 1. The molecule has 0 aliphatic heterocycles. The maximum atomic E-state index is 11.3. The summed E-state index contributed by atoms with van der Waals surface area (Å²) in [4.78, 5) is 12.5. The lowest BCUT2D eigenvalue weighted by atomic mass is 10.3. The summed E-state index contributed by atoms with van der Waals surface area (Å²) in [7, 11) is 0. The molecule has 2 rings (SSSR count). The Bertz CT molecular complexity index is 509. The first-order chi connectivity index (χ1) is 8.84. The van der Waals surface area contributed by atoms with Gasteiger partial charge in [0.25, 0.3) is 0 Å². The number of amides is 1. The van der Waals surface area contributed by atoms with Gasteiger partial charge in [0.15, 0.2) is 0 Å². The van der Waals surface area contributed by atoms with Crippen molar-refractivity contribution in [1.82, 2.24) is 5.43 Å². The van der Waals surface area contributed by atoms with Crippen molar-refractivity contribution in [3.63, 3.8) is 0 Å². The number of nitrogens with one attached hydrogen (secondary N) is 1. The van der Waals surface area contributed by atoms with Crippen molar-refractivity contribution in [1.29, 1.82) is 0 Å². The van der Waals surface area contributed by atoms with E-state index in [1.54, 1.807) is 41.8 Å². The van der Waals surface area contributed by atoms with Gasteiger partial charge in [0.05, 0.1) is 0 Å². The van der Waals surface area contributed by atoms with Crippen LogP contribution in [0.3, 0.4) is 0 Å². The second-order valence-corrected chi connectivity index (χ2v) is 4.44. The van der Waals surface area contributed by atoms with Crippen LogP contribution in [0, 0.1) is 0 Å². The quantitative estimate of drug-likeness (QED) is 0.678. The lowest BCUT2D eigenvalue weighted by Gasteiger charge is -2.01. The van der Waals surface area contributed by atoms with Crippen LogP contribution in [0.5, 0.6) is 5.75 Å². The summed E-state index contributed by atoms with van der Waals surface area (Å²) in [6.07, 6.45) is 1.74. The smallest absolute Gasteiger partial charge is 0.409 e. The van der Waals surface area contributed by atoms with Crippen LogP contribution in [-0.4, -0.2) is 12.3 Å². The summed E-state index contributed by atoms with van der Waals surface area (Å²) in [5.41, 5.74) is 2.31. The highest BCUT2D eigenvalue weighted by Crippen LogP contribution is 2.08. The Balaban J connectivity index is 1.73. The maximum absolute atomic E-state index is 11.3. The first-order valence-electron chi connectivity index (χ1n) is 5.41. The molecule has 0 fully saturated rings. The molecule has 0 atom stereocenters. The van der Waals surface area contributed by atoms with Gasteiger partial charge < -0.3 is 4.74 Å². The van der Waals surface area contributed by atoms with Crippen molar-refractivity contribution < 1.29 is 9.53 Å². The fourth-order valence-corrected chi connectivity index (χ4v) is 1.94. The van der Waals surface area contributed by atoms with Gasteiger partial charge in [0, 0.05) is 17.5 Å². The zero-order valence-electron chi connectivity index (χ0n) is 9.58. The molecule has 0 bridgehead atoms. The average Bonchev–Trinajstić information content (AvgIpc) is 2.89. The molecule has 0 aliphatic rings. The molecule has 0 saturated heterocycles. The molecule has 0 radical (unpaired) electrons. The molecule has 2 aromatic rings. The molecule has 0 unspecified atom stereocenters. The molecule has 5 heteroatoms. The summed E-state index contributed by atoms with van der Waals surface area (Å²) < 4.78 is 4.99. The Labute approximate surface area is 109 Å². The third-order valence-corrected chi connectivity index (χ3v) is 2.97. The second kappa shape index (κ2) is 6.56. The van der Waals surface area contributed by atoms with Crippen LogP contribution in [0.25, 0.3) is 0 Å². The largest absolute Gasteiger partial charge is 0.433 e. The Hall–Kier alpha value is -2.14. The van der Waals surface area contributed by atoms with E-state index in [-0.39, 0.29) is 0 Å². The number of benzene rings is 1. The third-order valence-electron chi connectivity index (χ3n) is 2.07. The summed E-state index contributed by atoms with van der Waals surface area (Å²) in [5.74, 6) is 0.489. The van der Waals surface area contributed by atoms with Gasteiger partial charge in [0.1, 0.15) is 5.75 Å². The zero-order chi connectivity index (χ0) is 12.6. The molecule has 1 heterocycles. The molecule has 1 amide bonds. The number of rotatable bonds is 4. The van der Waals surface area contributed by atoms with Crippen molar-refractivity contribution in [3.8, 4) is 5.75 Å². The predicted molar refractivity (Wildman–Crippen MR) is 72.1 cm³/mol. The normalized spacial score (nSPS) is 10.4. The molecule has 0 spiro atoms. The highest BCUT2D eigenvalue weighted by Gasteiger charge is 2.00. The summed E-state index contributed by atoms with van der Waals surface area (Å²) in [6.45, 7) is 0. The number of hydrogen-bond acceptors (Lipinski definition) is 4. The first-order valence-corrected chi connectivity index (χ1v) is 6.29. The van der Waals surface area contributed by atoms with Gasteiger partial charge in [0.2, 0.25) is 0 Å². The molecule has 1 N–H and O–H groups in total. The zero-order valence-corrected chi connectivity index (χ0v) is 10.4. The fourth-order valence-electron chi connectivity index (χ4n) is 1.28. The van der Waals surface area contributed by atoms with E-state index < -0.39 is 6.09 Å². The second-order valence-electron chi connectivity index (χ2n) is 3.41. The highest BCUT2D eigenvalue weighted by atomic mass is 32.1. The molecule has 1 aromatic carbocycles. The Morgan fingerprint density at radius 2 is 2.11 bits per heavy atom. The lowest BCUT2D eigenvalue weighted by Crippen LogP contribution is -2.21. The SMILES string of the molecule is O=C(NN=CCc1cccs1)Oc1ccccc1. The van der Waals surface area contributed by atoms with Crippen LogP contribution in [0.2, 0.25) is 0 Å². The van der Waals surface area contributed by atoms with Crippen LogP contribution >= 0.6 is 11.3 Å². The van der Waals surface area contributed by atoms with Gasteiger partial charge >= 0.3 is 6.09 Å². The number of ether oxygens (including phenoxy) is 1. The van der Waals surface area contributed by atoms with Crippen molar-refractivity contribution in [2.24, 2.45) is 5.10 Å². The summed E-state index contributed by atoms with van der Waals surface area (Å²) in [6, 6.07) is 12.8. The Morgan fingerprint density at radius 3 is 2.83 bits per heavy atom. The third kappa shape index (κ3) is 4.03. The number of para-hydroxylation sites is 1. The summed E-state index contributed by atoms with van der Waals surface area (Å²) >= 11 is 1.65. The topological polar surface area (TPSA) is 50.7 Å². The van der Waals surface area contributed by atoms with E-state index in [4.69, 9.17) is 4.74 Å². The minimum Gasteiger partial charge on any atom is -0.409 e. The fraction of sp³-hybridized carbons (Fsp3) is 0.0769. The number of nitrogens with zero attached hydrogens (tertiary/aromatic N) is 1. The van der Waals surface area contributed by atoms with Crippen LogP contribution in [-0.2, 0) is 6.42 Å². The number of hydrazone groups is 1. The van der Waals surface area contributed by atoms with Gasteiger partial charge in [-0.1, -0.05) is 24.3 Å². The minimum absolute atomic E-state index is 0.489. The first kappa shape index (κ1) is 12.3. The van der Waals surface area contributed by atoms with Gasteiger partial charge in [-0.05, 0) is 23.6 Å². The van der Waals surface area contributed by atoms with Crippen molar-refractivity contribution in [3.05, 3.63) is 52.7 Å². The maximum Gasteiger partial charge on any atom is 0.433 e. The van der Waals surface area contributed by atoms with Crippen LogP contribution < -0.4 is 10.2 Å². The summed E-state index contributed by atoms with van der Waals surface area (Å²) in [5, 5.41) is 5.80. The van der Waals surface area contributed by atoms with E-state index in [1.165, 1.54) is 4.88 Å². The standard InChI is InChI=1S/C13H12N2O2S/c16-13(17-11-5-2-1-3-6-11)15-14-9-8-12-7-4-10-18-12/h1-7,9-10H,8H2,(H,15,16). The molecular formula is C13H12N2O2S. The molecule has 92 valence electrons. The van der Waals surface area contributed by atoms with E-state index in [0.29, 0.717) is 12.2 Å². The minimum atomic E-state index is -0.594. The molecule has 4 nitrogen and oxygen atoms in total. The van der Waals surface area contributed by atoms with E-state index in [2.05, 4.69) is 10.5 Å². The van der Waals surface area contributed by atoms with Crippen LogP contribution in [0.15, 0.2) is 52.9 Å². The van der Waals surface area contributed by atoms with Crippen molar-refractivity contribution >= 4 is 23.6 Å². The molecular weight excluding hydrogens is 248 g/mol. The van der Waals surface area contributed by atoms with Crippen LogP contribution in [0.1, 0.15) is 4.88 Å². The number of thiophene rings is 1. The van der Waals surface area contributed by atoms with E-state index in [9.17, 15) is 4.79 Å². The Morgan fingerprint density at radius 1 is 1.28 bits per heavy atom. The van der Waals surface area contributed by atoms with Gasteiger partial charge in [-0.3, -0.25) is 0 Å².